The molecule has 0 radical (unpaired) electrons. The summed E-state index contributed by atoms with van der Waals surface area (Å²) in [5, 5.41) is 8.84. The molecule has 0 saturated heterocycles. The minimum atomic E-state index is -0.342. The highest BCUT2D eigenvalue weighted by Crippen LogP contribution is 2.32. The summed E-state index contributed by atoms with van der Waals surface area (Å²) in [7, 11) is 0. The summed E-state index contributed by atoms with van der Waals surface area (Å²) in [6, 6.07) is 13.0. The number of amides is 2. The molecule has 2 aliphatic rings. The lowest BCUT2D eigenvalue weighted by molar-refractivity contribution is -0.113. The average Bonchev–Trinajstić information content (AvgIpc) is 3.22. The molecule has 0 saturated carbocycles. The fourth-order valence-corrected chi connectivity index (χ4v) is 4.31. The van der Waals surface area contributed by atoms with Crippen LogP contribution >= 0.6 is 27.5 Å². The summed E-state index contributed by atoms with van der Waals surface area (Å²) in [5.41, 5.74) is 2.62. The van der Waals surface area contributed by atoms with Crippen molar-refractivity contribution < 1.29 is 9.59 Å². The van der Waals surface area contributed by atoms with Gasteiger partial charge in [-0.05, 0) is 40.5 Å². The van der Waals surface area contributed by atoms with Gasteiger partial charge in [0.1, 0.15) is 11.5 Å². The molecule has 5 rings (SSSR count). The molecule has 0 bridgehead atoms. The second kappa shape index (κ2) is 8.49. The quantitative estimate of drug-likeness (QED) is 0.483. The summed E-state index contributed by atoms with van der Waals surface area (Å²) in [6.07, 6.45) is 3.08. The molecule has 2 aromatic heterocycles. The van der Waals surface area contributed by atoms with Crippen LogP contribution in [-0.2, 0) is 16.1 Å². The number of pyridine rings is 2. The van der Waals surface area contributed by atoms with Gasteiger partial charge in [-0.15, -0.1) is 10.2 Å². The molecule has 2 aliphatic heterocycles. The minimum Gasteiger partial charge on any atom is -0.305 e. The van der Waals surface area contributed by atoms with Crippen molar-refractivity contribution in [2.45, 2.75) is 13.5 Å². The first kappa shape index (κ1) is 21.4. The number of carbonyl (C=O) groups excluding carboxylic acids is 2. The molecular weight excluding hydrogens is 508 g/mol. The summed E-state index contributed by atoms with van der Waals surface area (Å²) in [4.78, 5) is 38.0. The maximum atomic E-state index is 13.3. The van der Waals surface area contributed by atoms with Crippen molar-refractivity contribution in [1.29, 1.82) is 0 Å². The van der Waals surface area contributed by atoms with E-state index in [4.69, 9.17) is 11.6 Å². The van der Waals surface area contributed by atoms with Gasteiger partial charge in [0.15, 0.2) is 11.4 Å². The van der Waals surface area contributed by atoms with E-state index in [0.717, 1.165) is 5.56 Å². The number of halogens is 2. The lowest BCUT2D eigenvalue weighted by atomic mass is 10.2. The van der Waals surface area contributed by atoms with Crippen LogP contribution in [0.15, 0.2) is 69.5 Å². The molecule has 10 heteroatoms. The number of hydrogen-bond acceptors (Lipinski definition) is 6. The van der Waals surface area contributed by atoms with E-state index in [1.54, 1.807) is 23.2 Å². The number of rotatable bonds is 4. The molecule has 0 unspecified atom stereocenters. The molecule has 0 fully saturated rings. The molecule has 0 atom stereocenters. The van der Waals surface area contributed by atoms with Crippen LogP contribution in [0.2, 0.25) is 5.02 Å². The predicted molar refractivity (Wildman–Crippen MR) is 130 cm³/mol. The van der Waals surface area contributed by atoms with Crippen molar-refractivity contribution in [3.8, 4) is 0 Å². The van der Waals surface area contributed by atoms with E-state index in [9.17, 15) is 9.59 Å². The van der Waals surface area contributed by atoms with Crippen molar-refractivity contribution in [2.24, 2.45) is 10.2 Å². The first-order valence-corrected chi connectivity index (χ1v) is 11.3. The standard InChI is InChI=1S/C23H16BrClN6O2/c1-2-30-17-9-15(25)11-26-19(17)20(23(30)33)29-28-18-16-8-14(24)10-27-21(16)31(22(18)32)12-13-6-4-3-5-7-13/h3-11H,2,12H2,1H3/b28-18+,29-20-. The molecule has 0 aliphatic carbocycles. The smallest absolute Gasteiger partial charge is 0.281 e. The number of anilines is 2. The number of fused-ring (bicyclic) bond motifs is 2. The lowest BCUT2D eigenvalue weighted by Crippen LogP contribution is -2.30. The van der Waals surface area contributed by atoms with E-state index in [0.29, 0.717) is 45.3 Å². The zero-order valence-corrected chi connectivity index (χ0v) is 19.7. The largest absolute Gasteiger partial charge is 0.305 e. The second-order valence-corrected chi connectivity index (χ2v) is 8.72. The monoisotopic (exact) mass is 522 g/mol. The Labute approximate surface area is 202 Å². The van der Waals surface area contributed by atoms with Crippen molar-refractivity contribution in [1.82, 2.24) is 9.97 Å². The van der Waals surface area contributed by atoms with Crippen molar-refractivity contribution in [3.63, 3.8) is 0 Å². The Kier molecular flexibility index (Phi) is 5.51. The molecular formula is C23H16BrClN6O2. The number of aromatic nitrogens is 2. The van der Waals surface area contributed by atoms with Crippen molar-refractivity contribution >= 4 is 62.3 Å². The third-order valence-corrected chi connectivity index (χ3v) is 5.98. The van der Waals surface area contributed by atoms with Gasteiger partial charge in [0, 0.05) is 23.4 Å². The van der Waals surface area contributed by atoms with E-state index < -0.39 is 0 Å². The molecule has 1 aromatic carbocycles. The van der Waals surface area contributed by atoms with E-state index in [1.807, 2.05) is 37.3 Å². The van der Waals surface area contributed by atoms with Crippen LogP contribution in [0, 0.1) is 0 Å². The van der Waals surface area contributed by atoms with Gasteiger partial charge in [0.2, 0.25) is 0 Å². The number of benzene rings is 1. The second-order valence-electron chi connectivity index (χ2n) is 7.37. The van der Waals surface area contributed by atoms with E-state index >= 15 is 0 Å². The van der Waals surface area contributed by atoms with Crippen molar-refractivity contribution in [2.75, 3.05) is 16.3 Å². The Morgan fingerprint density at radius 3 is 2.45 bits per heavy atom. The zero-order valence-electron chi connectivity index (χ0n) is 17.4. The Morgan fingerprint density at radius 1 is 0.970 bits per heavy atom. The fourth-order valence-electron chi connectivity index (χ4n) is 3.83. The maximum absolute atomic E-state index is 13.3. The van der Waals surface area contributed by atoms with Crippen LogP contribution in [-0.4, -0.2) is 39.8 Å². The first-order valence-electron chi connectivity index (χ1n) is 10.1. The molecule has 33 heavy (non-hydrogen) atoms. The van der Waals surface area contributed by atoms with Crippen LogP contribution in [0.25, 0.3) is 0 Å². The highest BCUT2D eigenvalue weighted by Gasteiger charge is 2.38. The maximum Gasteiger partial charge on any atom is 0.281 e. The topological polar surface area (TPSA) is 91.1 Å². The van der Waals surface area contributed by atoms with Crippen LogP contribution < -0.4 is 9.80 Å². The van der Waals surface area contributed by atoms with E-state index in [2.05, 4.69) is 36.1 Å². The zero-order chi connectivity index (χ0) is 23.1. The van der Waals surface area contributed by atoms with Gasteiger partial charge in [0.25, 0.3) is 11.8 Å². The summed E-state index contributed by atoms with van der Waals surface area (Å²) in [5.74, 6) is -0.194. The van der Waals surface area contributed by atoms with Gasteiger partial charge in [0.05, 0.1) is 22.8 Å². The van der Waals surface area contributed by atoms with Crippen LogP contribution in [0.4, 0.5) is 11.5 Å². The normalized spacial score (nSPS) is 17.3. The molecule has 0 spiro atoms. The predicted octanol–water partition coefficient (Wildman–Crippen LogP) is 4.00. The highest BCUT2D eigenvalue weighted by atomic mass is 79.9. The SMILES string of the molecule is CCN1C(=O)/C(=N\N=C2\C(=O)N(Cc3ccccc3)c3ncc(Br)cc32)c2ncc(Cl)cc21. The van der Waals surface area contributed by atoms with Gasteiger partial charge < -0.3 is 4.90 Å². The Bertz CT molecular complexity index is 1360. The molecule has 2 amide bonds. The van der Waals surface area contributed by atoms with E-state index in [-0.39, 0.29) is 23.2 Å². The molecule has 3 aromatic rings. The third-order valence-electron chi connectivity index (χ3n) is 5.34. The van der Waals surface area contributed by atoms with Gasteiger partial charge in [-0.1, -0.05) is 41.9 Å². The Balaban J connectivity index is 1.58. The van der Waals surface area contributed by atoms with Gasteiger partial charge in [-0.2, -0.15) is 0 Å². The average molecular weight is 524 g/mol. The molecule has 164 valence electrons. The Hall–Kier alpha value is -3.43. The Morgan fingerprint density at radius 2 is 1.70 bits per heavy atom. The van der Waals surface area contributed by atoms with Crippen LogP contribution in [0.1, 0.15) is 23.7 Å². The van der Waals surface area contributed by atoms with Crippen LogP contribution in [0.3, 0.4) is 0 Å². The number of carbonyl (C=O) groups is 2. The third kappa shape index (κ3) is 3.73. The first-order chi connectivity index (χ1) is 16.0. The minimum absolute atomic E-state index is 0.0647. The summed E-state index contributed by atoms with van der Waals surface area (Å²) >= 11 is 9.47. The molecule has 0 N–H and O–H groups in total. The molecule has 4 heterocycles. The van der Waals surface area contributed by atoms with E-state index in [1.165, 1.54) is 11.1 Å². The van der Waals surface area contributed by atoms with Crippen molar-refractivity contribution in [3.05, 3.63) is 81.2 Å². The van der Waals surface area contributed by atoms with Crippen LogP contribution in [0.5, 0.6) is 0 Å². The number of likely N-dealkylation sites (N-methyl/N-ethyl adjacent to an activating group) is 1. The fraction of sp³-hybridized carbons (Fsp3) is 0.130. The highest BCUT2D eigenvalue weighted by molar-refractivity contribution is 9.10. The summed E-state index contributed by atoms with van der Waals surface area (Å²) in [6.45, 7) is 2.61. The van der Waals surface area contributed by atoms with Gasteiger partial charge in [-0.25, -0.2) is 4.98 Å². The molecule has 8 nitrogen and oxygen atoms in total. The number of nitrogens with zero attached hydrogens (tertiary/aromatic N) is 6. The van der Waals surface area contributed by atoms with Gasteiger partial charge >= 0.3 is 0 Å². The summed E-state index contributed by atoms with van der Waals surface area (Å²) < 4.78 is 0.701. The number of hydrogen-bond donors (Lipinski definition) is 0. The van der Waals surface area contributed by atoms with Gasteiger partial charge in [-0.3, -0.25) is 19.5 Å². The lowest BCUT2D eigenvalue weighted by Gasteiger charge is -2.15.